The molecule has 5 rings (SSSR count). The van der Waals surface area contributed by atoms with Gasteiger partial charge in [-0.15, -0.1) is 0 Å². The number of amides is 1. The van der Waals surface area contributed by atoms with Gasteiger partial charge in [0.25, 0.3) is 5.91 Å². The van der Waals surface area contributed by atoms with E-state index in [9.17, 15) is 9.59 Å². The average molecular weight is 406 g/mol. The number of anilines is 1. The highest BCUT2D eigenvalue weighted by molar-refractivity contribution is 6.15. The van der Waals surface area contributed by atoms with E-state index in [1.54, 1.807) is 11.6 Å². The Labute approximate surface area is 177 Å². The number of carbonyl (C=O) groups is 1. The SMILES string of the molecule is Cc1cc(=O)c(C(=O)Nc2c3ccccc3nc3ccccc23)nn1-c1ccccc1. The van der Waals surface area contributed by atoms with E-state index in [0.717, 1.165) is 27.5 Å². The Hall–Kier alpha value is -4.32. The van der Waals surface area contributed by atoms with Crippen LogP contribution >= 0.6 is 0 Å². The quantitative estimate of drug-likeness (QED) is 0.448. The van der Waals surface area contributed by atoms with Crippen molar-refractivity contribution in [2.75, 3.05) is 5.32 Å². The molecule has 0 aliphatic heterocycles. The van der Waals surface area contributed by atoms with Crippen LogP contribution in [0.4, 0.5) is 5.69 Å². The number of hydrogen-bond donors (Lipinski definition) is 1. The molecule has 0 unspecified atom stereocenters. The molecule has 1 N–H and O–H groups in total. The van der Waals surface area contributed by atoms with Crippen molar-refractivity contribution in [3.05, 3.63) is 107 Å². The molecule has 1 amide bonds. The standard InChI is InChI=1S/C25H18N4O2/c1-16-15-22(30)24(28-29(16)17-9-3-2-4-10-17)25(31)27-23-18-11-5-7-13-20(18)26-21-14-8-6-12-19(21)23/h2-15H,1H3,(H,26,27,31). The van der Waals surface area contributed by atoms with Crippen molar-refractivity contribution >= 4 is 33.4 Å². The summed E-state index contributed by atoms with van der Waals surface area (Å²) in [4.78, 5) is 30.5. The Morgan fingerprint density at radius 3 is 2.06 bits per heavy atom. The number of aromatic nitrogens is 3. The maximum atomic E-state index is 13.2. The van der Waals surface area contributed by atoms with Crippen molar-refractivity contribution in [2.24, 2.45) is 0 Å². The van der Waals surface area contributed by atoms with Gasteiger partial charge in [-0.3, -0.25) is 9.59 Å². The van der Waals surface area contributed by atoms with Crippen molar-refractivity contribution < 1.29 is 4.79 Å². The molecule has 0 bridgehead atoms. The van der Waals surface area contributed by atoms with Crippen LogP contribution in [0.5, 0.6) is 0 Å². The summed E-state index contributed by atoms with van der Waals surface area (Å²) in [6.45, 7) is 1.78. The third-order valence-corrected chi connectivity index (χ3v) is 5.15. The van der Waals surface area contributed by atoms with Crippen LogP contribution in [0.15, 0.2) is 89.7 Å². The predicted molar refractivity (Wildman–Crippen MR) is 122 cm³/mol. The maximum Gasteiger partial charge on any atom is 0.280 e. The summed E-state index contributed by atoms with van der Waals surface area (Å²) < 4.78 is 1.60. The number of para-hydroxylation sites is 3. The third-order valence-electron chi connectivity index (χ3n) is 5.15. The highest BCUT2D eigenvalue weighted by Gasteiger charge is 2.18. The number of nitrogens with one attached hydrogen (secondary N) is 1. The zero-order valence-electron chi connectivity index (χ0n) is 16.7. The van der Waals surface area contributed by atoms with E-state index in [0.29, 0.717) is 11.4 Å². The lowest BCUT2D eigenvalue weighted by Gasteiger charge is -2.13. The Morgan fingerprint density at radius 1 is 0.839 bits per heavy atom. The lowest BCUT2D eigenvalue weighted by atomic mass is 10.1. The number of pyridine rings is 1. The van der Waals surface area contributed by atoms with Crippen molar-refractivity contribution in [2.45, 2.75) is 6.92 Å². The molecule has 3 aromatic carbocycles. The minimum absolute atomic E-state index is 0.167. The van der Waals surface area contributed by atoms with Crippen LogP contribution in [0, 0.1) is 6.92 Å². The predicted octanol–water partition coefficient (Wildman–Crippen LogP) is 4.49. The zero-order chi connectivity index (χ0) is 21.4. The maximum absolute atomic E-state index is 13.2. The fourth-order valence-corrected chi connectivity index (χ4v) is 3.68. The van der Waals surface area contributed by atoms with E-state index in [4.69, 9.17) is 0 Å². The number of hydrogen-bond acceptors (Lipinski definition) is 4. The molecule has 150 valence electrons. The summed E-state index contributed by atoms with van der Waals surface area (Å²) in [5.74, 6) is -0.559. The van der Waals surface area contributed by atoms with Crippen molar-refractivity contribution in [1.82, 2.24) is 14.8 Å². The smallest absolute Gasteiger partial charge is 0.280 e. The first-order valence-corrected chi connectivity index (χ1v) is 9.87. The molecule has 0 radical (unpaired) electrons. The van der Waals surface area contributed by atoms with Crippen molar-refractivity contribution in [3.8, 4) is 5.69 Å². The minimum atomic E-state index is -0.559. The van der Waals surface area contributed by atoms with E-state index < -0.39 is 11.3 Å². The van der Waals surface area contributed by atoms with E-state index in [1.807, 2.05) is 78.9 Å². The molecular formula is C25H18N4O2. The Bertz CT molecular complexity index is 1450. The average Bonchev–Trinajstić information content (AvgIpc) is 2.79. The van der Waals surface area contributed by atoms with Crippen LogP contribution in [0.3, 0.4) is 0 Å². The summed E-state index contributed by atoms with van der Waals surface area (Å²) in [6, 6.07) is 26.0. The van der Waals surface area contributed by atoms with Gasteiger partial charge in [0, 0.05) is 22.5 Å². The van der Waals surface area contributed by atoms with Gasteiger partial charge in [-0.1, -0.05) is 54.6 Å². The topological polar surface area (TPSA) is 76.9 Å². The van der Waals surface area contributed by atoms with Gasteiger partial charge in [0.05, 0.1) is 22.4 Å². The molecule has 0 aliphatic rings. The van der Waals surface area contributed by atoms with Crippen LogP contribution in [0.1, 0.15) is 16.2 Å². The fraction of sp³-hybridized carbons (Fsp3) is 0.0400. The van der Waals surface area contributed by atoms with Crippen LogP contribution in [-0.4, -0.2) is 20.7 Å². The van der Waals surface area contributed by atoms with Gasteiger partial charge in [-0.2, -0.15) is 5.10 Å². The number of aryl methyl sites for hydroxylation is 1. The van der Waals surface area contributed by atoms with Gasteiger partial charge in [0.1, 0.15) is 0 Å². The minimum Gasteiger partial charge on any atom is -0.319 e. The van der Waals surface area contributed by atoms with Gasteiger partial charge >= 0.3 is 0 Å². The molecule has 2 heterocycles. The lowest BCUT2D eigenvalue weighted by molar-refractivity contribution is 0.101. The molecule has 0 spiro atoms. The molecule has 31 heavy (non-hydrogen) atoms. The van der Waals surface area contributed by atoms with E-state index in [1.165, 1.54) is 6.07 Å². The molecule has 0 atom stereocenters. The van der Waals surface area contributed by atoms with E-state index >= 15 is 0 Å². The monoisotopic (exact) mass is 406 g/mol. The molecule has 0 saturated heterocycles. The first-order valence-electron chi connectivity index (χ1n) is 9.87. The van der Waals surface area contributed by atoms with Gasteiger partial charge < -0.3 is 5.32 Å². The lowest BCUT2D eigenvalue weighted by Crippen LogP contribution is -2.27. The Balaban J connectivity index is 1.64. The largest absolute Gasteiger partial charge is 0.319 e. The van der Waals surface area contributed by atoms with Gasteiger partial charge in [-0.25, -0.2) is 9.67 Å². The summed E-state index contributed by atoms with van der Waals surface area (Å²) in [6.07, 6.45) is 0. The van der Waals surface area contributed by atoms with Crippen LogP contribution < -0.4 is 10.7 Å². The van der Waals surface area contributed by atoms with Gasteiger partial charge in [0.2, 0.25) is 5.43 Å². The molecule has 0 fully saturated rings. The van der Waals surface area contributed by atoms with Crippen LogP contribution in [0.25, 0.3) is 27.5 Å². The summed E-state index contributed by atoms with van der Waals surface area (Å²) in [7, 11) is 0. The second kappa shape index (κ2) is 7.50. The molecule has 0 aliphatic carbocycles. The number of benzene rings is 3. The van der Waals surface area contributed by atoms with E-state index in [-0.39, 0.29) is 5.69 Å². The van der Waals surface area contributed by atoms with E-state index in [2.05, 4.69) is 15.4 Å². The number of fused-ring (bicyclic) bond motifs is 2. The number of carbonyl (C=O) groups excluding carboxylic acids is 1. The normalized spacial score (nSPS) is 11.0. The summed E-state index contributed by atoms with van der Waals surface area (Å²) in [5, 5.41) is 8.90. The second-order valence-corrected chi connectivity index (χ2v) is 7.22. The fourth-order valence-electron chi connectivity index (χ4n) is 3.68. The van der Waals surface area contributed by atoms with Crippen molar-refractivity contribution in [3.63, 3.8) is 0 Å². The first kappa shape index (κ1) is 18.7. The van der Waals surface area contributed by atoms with Gasteiger partial charge in [0.15, 0.2) is 5.69 Å². The van der Waals surface area contributed by atoms with Crippen LogP contribution in [-0.2, 0) is 0 Å². The number of nitrogens with zero attached hydrogens (tertiary/aromatic N) is 3. The molecular weight excluding hydrogens is 388 g/mol. The molecule has 6 nitrogen and oxygen atoms in total. The van der Waals surface area contributed by atoms with Crippen molar-refractivity contribution in [1.29, 1.82) is 0 Å². The molecule has 0 saturated carbocycles. The summed E-state index contributed by atoms with van der Waals surface area (Å²) >= 11 is 0. The van der Waals surface area contributed by atoms with Gasteiger partial charge in [-0.05, 0) is 31.2 Å². The summed E-state index contributed by atoms with van der Waals surface area (Å²) in [5.41, 5.74) is 2.95. The van der Waals surface area contributed by atoms with Crippen LogP contribution in [0.2, 0.25) is 0 Å². The highest BCUT2D eigenvalue weighted by Crippen LogP contribution is 2.30. The third kappa shape index (κ3) is 3.34. The first-order chi connectivity index (χ1) is 15.1. The Morgan fingerprint density at radius 2 is 1.42 bits per heavy atom. The Kier molecular flexibility index (Phi) is 4.52. The zero-order valence-corrected chi connectivity index (χ0v) is 16.7. The molecule has 5 aromatic rings. The molecule has 6 heteroatoms. The number of rotatable bonds is 3. The molecule has 2 aromatic heterocycles. The highest BCUT2D eigenvalue weighted by atomic mass is 16.2. The second-order valence-electron chi connectivity index (χ2n) is 7.22.